The fourth-order valence-electron chi connectivity index (χ4n) is 2.75. The number of thioether (sulfide) groups is 1. The molecule has 5 nitrogen and oxygen atoms in total. The summed E-state index contributed by atoms with van der Waals surface area (Å²) >= 11 is 4.68. The van der Waals surface area contributed by atoms with Gasteiger partial charge in [0.25, 0.3) is 5.56 Å². The number of benzene rings is 1. The highest BCUT2D eigenvalue weighted by atomic mass is 127. The summed E-state index contributed by atoms with van der Waals surface area (Å²) < 4.78 is 22.9. The number of nitrogens with zero attached hydrogens (tertiary/aromatic N) is 2. The van der Waals surface area contributed by atoms with Gasteiger partial charge in [-0.2, -0.15) is 0 Å². The van der Waals surface area contributed by atoms with Crippen LogP contribution in [0.1, 0.15) is 28.5 Å². The maximum atomic E-state index is 14.4. The summed E-state index contributed by atoms with van der Waals surface area (Å²) in [6.07, 6.45) is 1.94. The first-order valence-electron chi connectivity index (χ1n) is 8.04. The second kappa shape index (κ2) is 8.27. The Bertz CT molecular complexity index is 1090. The highest BCUT2D eigenvalue weighted by molar-refractivity contribution is 14.1. The molecule has 142 valence electrons. The van der Waals surface area contributed by atoms with E-state index >= 15 is 0 Å². The summed E-state index contributed by atoms with van der Waals surface area (Å²) in [6.45, 7) is 1.91. The smallest absolute Gasteiger partial charge is 0.342 e. The lowest BCUT2D eigenvalue weighted by Crippen LogP contribution is -2.25. The predicted molar refractivity (Wildman–Crippen MR) is 115 cm³/mol. The van der Waals surface area contributed by atoms with Crippen LogP contribution in [0.3, 0.4) is 0 Å². The van der Waals surface area contributed by atoms with Gasteiger partial charge in [0.05, 0.1) is 6.61 Å². The van der Waals surface area contributed by atoms with E-state index in [4.69, 9.17) is 4.74 Å². The van der Waals surface area contributed by atoms with E-state index < -0.39 is 5.97 Å². The summed E-state index contributed by atoms with van der Waals surface area (Å²) in [5.74, 6) is -0.940. The normalized spacial score (nSPS) is 11.1. The average Bonchev–Trinajstić information content (AvgIpc) is 3.06. The lowest BCUT2D eigenvalue weighted by Gasteiger charge is -2.14. The quantitative estimate of drug-likeness (QED) is 0.288. The molecule has 0 saturated carbocycles. The van der Waals surface area contributed by atoms with Crippen molar-refractivity contribution in [2.75, 3.05) is 12.9 Å². The van der Waals surface area contributed by atoms with Crippen molar-refractivity contribution in [3.63, 3.8) is 0 Å². The highest BCUT2D eigenvalue weighted by Crippen LogP contribution is 2.30. The van der Waals surface area contributed by atoms with Crippen molar-refractivity contribution in [1.29, 1.82) is 0 Å². The number of aromatic nitrogens is 2. The topological polar surface area (TPSA) is 61.2 Å². The highest BCUT2D eigenvalue weighted by Gasteiger charge is 2.25. The second-order valence-electron chi connectivity index (χ2n) is 5.68. The molecule has 0 saturated heterocycles. The summed E-state index contributed by atoms with van der Waals surface area (Å²) in [5.41, 5.74) is 1.09. The van der Waals surface area contributed by atoms with Crippen molar-refractivity contribution in [1.82, 2.24) is 9.55 Å². The predicted octanol–water partition coefficient (Wildman–Crippen LogP) is 4.23. The van der Waals surface area contributed by atoms with Gasteiger partial charge in [-0.25, -0.2) is 14.2 Å². The Labute approximate surface area is 177 Å². The van der Waals surface area contributed by atoms with E-state index in [-0.39, 0.29) is 30.0 Å². The van der Waals surface area contributed by atoms with Crippen LogP contribution in [-0.4, -0.2) is 28.4 Å². The fraction of sp³-hybridized carbons (Fsp3) is 0.278. The van der Waals surface area contributed by atoms with Gasteiger partial charge in [0, 0.05) is 22.7 Å². The maximum Gasteiger partial charge on any atom is 0.342 e. The Balaban J connectivity index is 2.29. The van der Waals surface area contributed by atoms with Gasteiger partial charge in [-0.05, 0) is 53.5 Å². The first kappa shape index (κ1) is 20.3. The lowest BCUT2D eigenvalue weighted by molar-refractivity contribution is 0.0526. The Hall–Kier alpha value is -1.46. The minimum atomic E-state index is -0.558. The molecule has 0 amide bonds. The van der Waals surface area contributed by atoms with Gasteiger partial charge in [-0.15, -0.1) is 11.3 Å². The van der Waals surface area contributed by atoms with Crippen LogP contribution in [0.5, 0.6) is 0 Å². The molecule has 0 unspecified atom stereocenters. The molecule has 3 rings (SSSR count). The minimum Gasteiger partial charge on any atom is -0.462 e. The van der Waals surface area contributed by atoms with Gasteiger partial charge < -0.3 is 9.30 Å². The molecule has 0 aliphatic rings. The first-order valence-corrected chi connectivity index (χ1v) is 11.2. The molecule has 3 aromatic rings. The zero-order chi connectivity index (χ0) is 19.7. The minimum absolute atomic E-state index is 0.0880. The molecule has 9 heteroatoms. The Morgan fingerprint density at radius 2 is 2.19 bits per heavy atom. The van der Waals surface area contributed by atoms with Crippen LogP contribution in [0.2, 0.25) is 0 Å². The second-order valence-corrected chi connectivity index (χ2v) is 8.98. The first-order chi connectivity index (χ1) is 12.9. The number of carbonyl (C=O) groups excluding carboxylic acids is 1. The number of halogens is 2. The van der Waals surface area contributed by atoms with E-state index in [0.717, 1.165) is 3.57 Å². The molecule has 0 aliphatic carbocycles. The van der Waals surface area contributed by atoms with Crippen LogP contribution in [0.4, 0.5) is 4.39 Å². The molecule has 0 fully saturated rings. The number of rotatable bonds is 5. The molecular formula is C18H16FIN2O3S2. The Morgan fingerprint density at radius 1 is 1.44 bits per heavy atom. The van der Waals surface area contributed by atoms with Gasteiger partial charge in [0.2, 0.25) is 0 Å². The Morgan fingerprint density at radius 3 is 2.81 bits per heavy atom. The molecule has 2 heterocycles. The SMILES string of the molecule is CCOC(=O)c1c(Cc2ccc(I)cc2F)n(C)c(=O)c2sc(SC)nc12. The number of hydrogen-bond acceptors (Lipinski definition) is 6. The van der Waals surface area contributed by atoms with Crippen molar-refractivity contribution in [3.05, 3.63) is 54.8 Å². The number of carbonyl (C=O) groups is 1. The molecule has 0 spiro atoms. The largest absolute Gasteiger partial charge is 0.462 e. The zero-order valence-electron chi connectivity index (χ0n) is 14.8. The summed E-state index contributed by atoms with van der Waals surface area (Å²) in [6, 6.07) is 4.87. The molecule has 0 aliphatic heterocycles. The maximum absolute atomic E-state index is 14.4. The molecule has 0 atom stereocenters. The van der Waals surface area contributed by atoms with Crippen LogP contribution in [0.25, 0.3) is 10.2 Å². The van der Waals surface area contributed by atoms with Gasteiger partial charge in [0.15, 0.2) is 4.34 Å². The number of pyridine rings is 1. The summed E-state index contributed by atoms with van der Waals surface area (Å²) in [4.78, 5) is 30.0. The average molecular weight is 518 g/mol. The molecule has 0 radical (unpaired) electrons. The summed E-state index contributed by atoms with van der Waals surface area (Å²) in [5, 5.41) is 0. The molecule has 27 heavy (non-hydrogen) atoms. The third kappa shape index (κ3) is 3.90. The van der Waals surface area contributed by atoms with Gasteiger partial charge in [-0.3, -0.25) is 4.79 Å². The monoisotopic (exact) mass is 518 g/mol. The van der Waals surface area contributed by atoms with Crippen LogP contribution in [-0.2, 0) is 18.2 Å². The van der Waals surface area contributed by atoms with Crippen molar-refractivity contribution >= 4 is 61.9 Å². The third-order valence-corrected chi connectivity index (χ3v) is 6.76. The molecular weight excluding hydrogens is 502 g/mol. The number of esters is 1. The number of fused-ring (bicyclic) bond motifs is 1. The van der Waals surface area contributed by atoms with Gasteiger partial charge >= 0.3 is 5.97 Å². The van der Waals surface area contributed by atoms with Crippen LogP contribution < -0.4 is 5.56 Å². The molecule has 2 aromatic heterocycles. The number of ether oxygens (including phenoxy) is 1. The van der Waals surface area contributed by atoms with Crippen LogP contribution in [0.15, 0.2) is 27.3 Å². The summed E-state index contributed by atoms with van der Waals surface area (Å²) in [7, 11) is 1.59. The fourth-order valence-corrected chi connectivity index (χ4v) is 4.75. The van der Waals surface area contributed by atoms with E-state index in [1.165, 1.54) is 33.7 Å². The Kier molecular flexibility index (Phi) is 6.21. The van der Waals surface area contributed by atoms with Crippen molar-refractivity contribution < 1.29 is 13.9 Å². The number of thiazole rings is 1. The van der Waals surface area contributed by atoms with E-state index in [2.05, 4.69) is 4.98 Å². The molecule has 0 bridgehead atoms. The third-order valence-electron chi connectivity index (χ3n) is 4.06. The van der Waals surface area contributed by atoms with E-state index in [1.807, 2.05) is 28.8 Å². The van der Waals surface area contributed by atoms with Crippen LogP contribution >= 0.6 is 45.7 Å². The number of hydrogen-bond donors (Lipinski definition) is 0. The van der Waals surface area contributed by atoms with Crippen molar-refractivity contribution in [3.8, 4) is 0 Å². The lowest BCUT2D eigenvalue weighted by atomic mass is 10.0. The standard InChI is InChI=1S/C18H16FIN2O3S2/c1-4-25-17(24)13-12(7-9-5-6-10(20)8-11(9)19)22(2)16(23)15-14(13)21-18(26-3)27-15/h5-6,8H,4,7H2,1-3H3. The van der Waals surface area contributed by atoms with E-state index in [1.54, 1.807) is 26.1 Å². The molecule has 0 N–H and O–H groups in total. The zero-order valence-corrected chi connectivity index (χ0v) is 18.6. The van der Waals surface area contributed by atoms with Crippen LogP contribution in [0, 0.1) is 9.39 Å². The molecule has 1 aromatic carbocycles. The van der Waals surface area contributed by atoms with Gasteiger partial charge in [-0.1, -0.05) is 17.8 Å². The van der Waals surface area contributed by atoms with E-state index in [0.29, 0.717) is 25.8 Å². The van der Waals surface area contributed by atoms with Crippen molar-refractivity contribution in [2.45, 2.75) is 17.7 Å². The van der Waals surface area contributed by atoms with Gasteiger partial charge in [0.1, 0.15) is 21.6 Å². The van der Waals surface area contributed by atoms with E-state index in [9.17, 15) is 14.0 Å². The van der Waals surface area contributed by atoms with Crippen molar-refractivity contribution in [2.24, 2.45) is 7.05 Å².